The molecule has 40 heavy (non-hydrogen) atoms. The highest BCUT2D eigenvalue weighted by molar-refractivity contribution is 5.89. The zero-order valence-electron chi connectivity index (χ0n) is 24.4. The van der Waals surface area contributed by atoms with Gasteiger partial charge in [0.2, 0.25) is 0 Å². The lowest BCUT2D eigenvalue weighted by atomic mass is 9.77. The van der Waals surface area contributed by atoms with Gasteiger partial charge in [-0.2, -0.15) is 8.78 Å². The molecule has 1 saturated carbocycles. The van der Waals surface area contributed by atoms with Crippen LogP contribution in [0.25, 0.3) is 0 Å². The van der Waals surface area contributed by atoms with Crippen LogP contribution in [-0.4, -0.2) is 19.2 Å². The topological polar surface area (TPSA) is 35.5 Å². The molecular weight excluding hydrogens is 513 g/mol. The lowest BCUT2D eigenvalue weighted by Crippen LogP contribution is -2.23. The number of alkyl halides is 2. The van der Waals surface area contributed by atoms with Crippen molar-refractivity contribution < 1.29 is 27.4 Å². The Morgan fingerprint density at radius 3 is 2.17 bits per heavy atom. The number of hydrogen-bond acceptors (Lipinski definition) is 3. The lowest BCUT2D eigenvalue weighted by Gasteiger charge is -2.29. The summed E-state index contributed by atoms with van der Waals surface area (Å²) in [6.45, 7) is 3.67. The first-order valence-electron chi connectivity index (χ1n) is 15.4. The average Bonchev–Trinajstić information content (AvgIpc) is 2.97. The molecule has 222 valence electrons. The van der Waals surface area contributed by atoms with Crippen molar-refractivity contribution in [3.05, 3.63) is 65.0 Å². The first-order valence-corrected chi connectivity index (χ1v) is 15.4. The Morgan fingerprint density at radius 2 is 1.50 bits per heavy atom. The van der Waals surface area contributed by atoms with Crippen molar-refractivity contribution in [2.75, 3.05) is 13.2 Å². The molecular formula is C34H47F3O3. The van der Waals surface area contributed by atoms with Crippen LogP contribution in [0.4, 0.5) is 13.2 Å². The maximum Gasteiger partial charge on any atom is 0.338 e. The molecule has 0 N–H and O–H groups in total. The van der Waals surface area contributed by atoms with Crippen LogP contribution in [0.1, 0.15) is 131 Å². The molecule has 0 bridgehead atoms. The normalized spacial score (nSPS) is 17.5. The molecule has 0 saturated heterocycles. The Balaban J connectivity index is 1.44. The van der Waals surface area contributed by atoms with Crippen molar-refractivity contribution in [1.29, 1.82) is 0 Å². The van der Waals surface area contributed by atoms with Gasteiger partial charge in [0.15, 0.2) is 18.2 Å². The fourth-order valence-corrected chi connectivity index (χ4v) is 5.60. The van der Waals surface area contributed by atoms with Crippen LogP contribution < -0.4 is 4.74 Å². The molecule has 0 amide bonds. The fourth-order valence-electron chi connectivity index (χ4n) is 5.60. The van der Waals surface area contributed by atoms with E-state index in [0.29, 0.717) is 12.5 Å². The Kier molecular flexibility index (Phi) is 13.4. The molecule has 0 aromatic heterocycles. The van der Waals surface area contributed by atoms with E-state index in [2.05, 4.69) is 13.8 Å². The fraction of sp³-hybridized carbons (Fsp3) is 0.618. The Hall–Kier alpha value is -2.50. The van der Waals surface area contributed by atoms with E-state index in [9.17, 15) is 18.0 Å². The molecule has 3 nitrogen and oxygen atoms in total. The van der Waals surface area contributed by atoms with Crippen molar-refractivity contribution in [2.24, 2.45) is 5.92 Å². The quantitative estimate of drug-likeness (QED) is 0.143. The van der Waals surface area contributed by atoms with Gasteiger partial charge in [-0.25, -0.2) is 9.18 Å². The molecule has 0 radical (unpaired) electrons. The van der Waals surface area contributed by atoms with Crippen molar-refractivity contribution in [2.45, 2.75) is 116 Å². The summed E-state index contributed by atoms with van der Waals surface area (Å²) < 4.78 is 54.5. The zero-order valence-corrected chi connectivity index (χ0v) is 24.4. The Bertz CT molecular complexity index is 1010. The molecule has 0 spiro atoms. The largest absolute Gasteiger partial charge is 0.491 e. The third kappa shape index (κ3) is 10.2. The highest BCUT2D eigenvalue weighted by atomic mass is 19.3. The molecule has 0 heterocycles. The molecule has 3 rings (SSSR count). The molecule has 6 heteroatoms. The van der Waals surface area contributed by atoms with Crippen LogP contribution in [0.5, 0.6) is 5.75 Å². The minimum Gasteiger partial charge on any atom is -0.491 e. The molecule has 1 fully saturated rings. The second kappa shape index (κ2) is 16.7. The van der Waals surface area contributed by atoms with E-state index in [1.54, 1.807) is 12.1 Å². The van der Waals surface area contributed by atoms with Gasteiger partial charge < -0.3 is 9.47 Å². The predicted molar refractivity (Wildman–Crippen MR) is 155 cm³/mol. The van der Waals surface area contributed by atoms with Crippen LogP contribution in [0.2, 0.25) is 0 Å². The lowest BCUT2D eigenvalue weighted by molar-refractivity contribution is -0.0662. The van der Waals surface area contributed by atoms with E-state index < -0.39 is 24.3 Å². The third-order valence-corrected chi connectivity index (χ3v) is 8.17. The third-order valence-electron chi connectivity index (χ3n) is 8.17. The van der Waals surface area contributed by atoms with Gasteiger partial charge in [0.25, 0.3) is 0 Å². The summed E-state index contributed by atoms with van der Waals surface area (Å²) in [5, 5.41) is 0. The SMILES string of the molecule is CCCCCCCCOc1ccc(C(=O)OCC(F)(F)c2ccc(C3CCC(CCCCC)CC3)cc2)cc1F. The number of esters is 1. The Morgan fingerprint density at radius 1 is 0.850 bits per heavy atom. The van der Waals surface area contributed by atoms with Crippen LogP contribution >= 0.6 is 0 Å². The summed E-state index contributed by atoms with van der Waals surface area (Å²) in [6, 6.07) is 10.1. The van der Waals surface area contributed by atoms with E-state index >= 15 is 0 Å². The molecule has 2 aromatic carbocycles. The van der Waals surface area contributed by atoms with E-state index in [-0.39, 0.29) is 16.9 Å². The molecule has 1 aliphatic carbocycles. The maximum atomic E-state index is 14.8. The number of halogens is 3. The van der Waals surface area contributed by atoms with Crippen molar-refractivity contribution in [1.82, 2.24) is 0 Å². The van der Waals surface area contributed by atoms with Gasteiger partial charge in [-0.05, 0) is 67.7 Å². The predicted octanol–water partition coefficient (Wildman–Crippen LogP) is 10.4. The molecule has 0 atom stereocenters. The summed E-state index contributed by atoms with van der Waals surface area (Å²) in [4.78, 5) is 12.4. The number of unbranched alkanes of at least 4 members (excludes halogenated alkanes) is 7. The van der Waals surface area contributed by atoms with E-state index in [1.165, 1.54) is 82.1 Å². The summed E-state index contributed by atoms with van der Waals surface area (Å²) in [5.41, 5.74) is 0.778. The summed E-state index contributed by atoms with van der Waals surface area (Å²) in [7, 11) is 0. The number of rotatable bonds is 17. The van der Waals surface area contributed by atoms with Crippen molar-refractivity contribution in [3.8, 4) is 5.75 Å². The molecule has 0 unspecified atom stereocenters. The standard InChI is InChI=1S/C34H47F3O3/c1-3-5-7-8-9-11-23-39-32-22-19-29(24-31(32)35)33(38)40-25-34(36,37)30-20-17-28(18-21-30)27-15-13-26(14-16-27)12-10-6-4-2/h17-22,24,26-27H,3-16,23,25H2,1-2H3. The molecule has 2 aromatic rings. The highest BCUT2D eigenvalue weighted by Crippen LogP contribution is 2.39. The minimum absolute atomic E-state index is 0.0421. The van der Waals surface area contributed by atoms with Gasteiger partial charge in [-0.3, -0.25) is 0 Å². The van der Waals surface area contributed by atoms with Crippen LogP contribution in [0, 0.1) is 11.7 Å². The van der Waals surface area contributed by atoms with E-state index in [1.807, 2.05) is 0 Å². The smallest absolute Gasteiger partial charge is 0.338 e. The second-order valence-electron chi connectivity index (χ2n) is 11.4. The number of benzene rings is 2. The van der Waals surface area contributed by atoms with Gasteiger partial charge >= 0.3 is 11.9 Å². The van der Waals surface area contributed by atoms with Crippen LogP contribution in [0.15, 0.2) is 42.5 Å². The maximum absolute atomic E-state index is 14.8. The average molecular weight is 561 g/mol. The Labute approximate surface area is 238 Å². The summed E-state index contributed by atoms with van der Waals surface area (Å²) >= 11 is 0. The summed E-state index contributed by atoms with van der Waals surface area (Å²) in [6.07, 6.45) is 16.3. The van der Waals surface area contributed by atoms with Gasteiger partial charge in [0.1, 0.15) is 0 Å². The molecule has 0 aliphatic heterocycles. The number of carbonyl (C=O) groups excluding carboxylic acids is 1. The highest BCUT2D eigenvalue weighted by Gasteiger charge is 2.34. The number of carbonyl (C=O) groups is 1. The van der Waals surface area contributed by atoms with Crippen LogP contribution in [-0.2, 0) is 10.7 Å². The van der Waals surface area contributed by atoms with Crippen LogP contribution in [0.3, 0.4) is 0 Å². The number of ether oxygens (including phenoxy) is 2. The zero-order chi connectivity index (χ0) is 28.8. The van der Waals surface area contributed by atoms with Crippen molar-refractivity contribution >= 4 is 5.97 Å². The van der Waals surface area contributed by atoms with E-state index in [4.69, 9.17) is 9.47 Å². The van der Waals surface area contributed by atoms with Gasteiger partial charge in [0, 0.05) is 5.56 Å². The monoisotopic (exact) mass is 560 g/mol. The van der Waals surface area contributed by atoms with Gasteiger partial charge in [0.05, 0.1) is 12.2 Å². The summed E-state index contributed by atoms with van der Waals surface area (Å²) in [5.74, 6) is -3.80. The van der Waals surface area contributed by atoms with Crippen molar-refractivity contribution in [3.63, 3.8) is 0 Å². The van der Waals surface area contributed by atoms with E-state index in [0.717, 1.165) is 49.7 Å². The van der Waals surface area contributed by atoms with Gasteiger partial charge in [-0.1, -0.05) is 95.9 Å². The number of hydrogen-bond donors (Lipinski definition) is 0. The molecule has 1 aliphatic rings. The first kappa shape index (κ1) is 32.0. The van der Waals surface area contributed by atoms with Gasteiger partial charge in [-0.15, -0.1) is 0 Å². The first-order chi connectivity index (χ1) is 19.3. The second-order valence-corrected chi connectivity index (χ2v) is 11.4. The minimum atomic E-state index is -3.34.